The van der Waals surface area contributed by atoms with Gasteiger partial charge in [-0.1, -0.05) is 17.7 Å². The fourth-order valence-electron chi connectivity index (χ4n) is 2.26. The SMILES string of the molecule is CNC(=O)CN(C)C(=O)c1nn(-c2ccc(C)cc2C)nc1C. The Morgan fingerprint density at radius 3 is 2.52 bits per heavy atom. The maximum atomic E-state index is 12.4. The van der Waals surface area contributed by atoms with Crippen LogP contribution in [0.3, 0.4) is 0 Å². The minimum Gasteiger partial charge on any atom is -0.358 e. The summed E-state index contributed by atoms with van der Waals surface area (Å²) in [6.45, 7) is 5.70. The van der Waals surface area contributed by atoms with Crippen molar-refractivity contribution < 1.29 is 9.59 Å². The average molecular weight is 315 g/mol. The Hall–Kier alpha value is -2.70. The molecule has 1 aromatic carbocycles. The predicted octanol–water partition coefficient (Wildman–Crippen LogP) is 1.01. The molecule has 2 rings (SSSR count). The quantitative estimate of drug-likeness (QED) is 0.913. The molecule has 23 heavy (non-hydrogen) atoms. The second-order valence-electron chi connectivity index (χ2n) is 5.55. The van der Waals surface area contributed by atoms with Gasteiger partial charge in [-0.15, -0.1) is 5.10 Å². The van der Waals surface area contributed by atoms with Gasteiger partial charge in [-0.05, 0) is 32.4 Å². The van der Waals surface area contributed by atoms with Crippen LogP contribution in [0, 0.1) is 20.8 Å². The van der Waals surface area contributed by atoms with Crippen LogP contribution >= 0.6 is 0 Å². The Morgan fingerprint density at radius 1 is 1.22 bits per heavy atom. The third-order valence-electron chi connectivity index (χ3n) is 3.56. The van der Waals surface area contributed by atoms with Crippen molar-refractivity contribution in [2.24, 2.45) is 0 Å². The molecule has 2 aromatic rings. The van der Waals surface area contributed by atoms with Gasteiger partial charge < -0.3 is 10.2 Å². The molecule has 0 saturated heterocycles. The molecule has 0 aliphatic rings. The molecule has 122 valence electrons. The molecule has 1 aromatic heterocycles. The highest BCUT2D eigenvalue weighted by Crippen LogP contribution is 2.15. The van der Waals surface area contributed by atoms with Crippen LogP contribution in [0.1, 0.15) is 27.3 Å². The summed E-state index contributed by atoms with van der Waals surface area (Å²) in [4.78, 5) is 26.6. The summed E-state index contributed by atoms with van der Waals surface area (Å²) in [6.07, 6.45) is 0. The van der Waals surface area contributed by atoms with Crippen molar-refractivity contribution in [1.29, 1.82) is 0 Å². The summed E-state index contributed by atoms with van der Waals surface area (Å²) < 4.78 is 0. The maximum Gasteiger partial charge on any atom is 0.276 e. The molecule has 0 bridgehead atoms. The number of rotatable bonds is 4. The molecule has 1 heterocycles. The van der Waals surface area contributed by atoms with Gasteiger partial charge in [0.2, 0.25) is 5.91 Å². The van der Waals surface area contributed by atoms with Crippen molar-refractivity contribution in [3.8, 4) is 5.69 Å². The average Bonchev–Trinajstić information content (AvgIpc) is 2.87. The van der Waals surface area contributed by atoms with E-state index >= 15 is 0 Å². The van der Waals surface area contributed by atoms with E-state index in [1.165, 1.54) is 16.7 Å². The molecule has 0 unspecified atom stereocenters. The fourth-order valence-corrected chi connectivity index (χ4v) is 2.26. The molecule has 7 nitrogen and oxygen atoms in total. The van der Waals surface area contributed by atoms with E-state index in [9.17, 15) is 9.59 Å². The Kier molecular flexibility index (Phi) is 4.78. The van der Waals surface area contributed by atoms with Crippen LogP contribution in [0.25, 0.3) is 5.69 Å². The lowest BCUT2D eigenvalue weighted by atomic mass is 10.1. The predicted molar refractivity (Wildman–Crippen MR) is 86.6 cm³/mol. The number of amides is 2. The number of hydrogen-bond donors (Lipinski definition) is 1. The zero-order valence-electron chi connectivity index (χ0n) is 14.0. The van der Waals surface area contributed by atoms with E-state index < -0.39 is 0 Å². The number of benzene rings is 1. The first-order valence-electron chi connectivity index (χ1n) is 7.31. The van der Waals surface area contributed by atoms with Gasteiger partial charge in [0.1, 0.15) is 0 Å². The summed E-state index contributed by atoms with van der Waals surface area (Å²) in [6, 6.07) is 5.93. The molecular formula is C16H21N5O2. The van der Waals surface area contributed by atoms with Crippen LogP contribution in [0.4, 0.5) is 0 Å². The van der Waals surface area contributed by atoms with Gasteiger partial charge in [0.05, 0.1) is 17.9 Å². The highest BCUT2D eigenvalue weighted by molar-refractivity contribution is 5.95. The lowest BCUT2D eigenvalue weighted by Gasteiger charge is -2.14. The van der Waals surface area contributed by atoms with Crippen molar-refractivity contribution in [3.05, 3.63) is 40.7 Å². The summed E-state index contributed by atoms with van der Waals surface area (Å²) in [7, 11) is 3.09. The van der Waals surface area contributed by atoms with Crippen LogP contribution in [0.5, 0.6) is 0 Å². The molecule has 0 fully saturated rings. The number of carbonyl (C=O) groups excluding carboxylic acids is 2. The van der Waals surface area contributed by atoms with Gasteiger partial charge in [-0.25, -0.2) is 0 Å². The Balaban J connectivity index is 2.30. The van der Waals surface area contributed by atoms with E-state index in [-0.39, 0.29) is 24.1 Å². The maximum absolute atomic E-state index is 12.4. The van der Waals surface area contributed by atoms with Crippen molar-refractivity contribution >= 4 is 11.8 Å². The molecular weight excluding hydrogens is 294 g/mol. The van der Waals surface area contributed by atoms with E-state index in [4.69, 9.17) is 0 Å². The molecule has 1 N–H and O–H groups in total. The van der Waals surface area contributed by atoms with Gasteiger partial charge in [0.25, 0.3) is 5.91 Å². The van der Waals surface area contributed by atoms with E-state index in [0.717, 1.165) is 16.8 Å². The molecule has 0 radical (unpaired) electrons. The highest BCUT2D eigenvalue weighted by atomic mass is 16.2. The number of aryl methyl sites for hydroxylation is 3. The van der Waals surface area contributed by atoms with Gasteiger partial charge in [-0.2, -0.15) is 9.90 Å². The first kappa shape index (κ1) is 16.7. The van der Waals surface area contributed by atoms with E-state index in [0.29, 0.717) is 5.69 Å². The monoisotopic (exact) mass is 315 g/mol. The topological polar surface area (TPSA) is 80.1 Å². The summed E-state index contributed by atoms with van der Waals surface area (Å²) in [5.74, 6) is -0.567. The fraction of sp³-hybridized carbons (Fsp3) is 0.375. The summed E-state index contributed by atoms with van der Waals surface area (Å²) in [5.41, 5.74) is 3.77. The molecule has 0 saturated carbocycles. The number of carbonyl (C=O) groups is 2. The third kappa shape index (κ3) is 3.56. The van der Waals surface area contributed by atoms with Gasteiger partial charge in [0.15, 0.2) is 5.69 Å². The second-order valence-corrected chi connectivity index (χ2v) is 5.55. The van der Waals surface area contributed by atoms with Crippen molar-refractivity contribution in [2.75, 3.05) is 20.6 Å². The van der Waals surface area contributed by atoms with E-state index in [1.807, 2.05) is 32.0 Å². The largest absolute Gasteiger partial charge is 0.358 e. The molecule has 0 aliphatic carbocycles. The van der Waals surface area contributed by atoms with Crippen LogP contribution in [-0.4, -0.2) is 52.3 Å². The highest BCUT2D eigenvalue weighted by Gasteiger charge is 2.21. The van der Waals surface area contributed by atoms with Crippen molar-refractivity contribution in [3.63, 3.8) is 0 Å². The lowest BCUT2D eigenvalue weighted by molar-refractivity contribution is -0.121. The molecule has 0 aliphatic heterocycles. The van der Waals surface area contributed by atoms with Crippen LogP contribution in [-0.2, 0) is 4.79 Å². The number of likely N-dealkylation sites (N-methyl/N-ethyl adjacent to an activating group) is 2. The van der Waals surface area contributed by atoms with E-state index in [2.05, 4.69) is 15.5 Å². The minimum absolute atomic E-state index is 0.0226. The Morgan fingerprint density at radius 2 is 1.91 bits per heavy atom. The number of nitrogens with zero attached hydrogens (tertiary/aromatic N) is 4. The Labute approximate surface area is 135 Å². The molecule has 0 spiro atoms. The third-order valence-corrected chi connectivity index (χ3v) is 3.56. The standard InChI is InChI=1S/C16H21N5O2/c1-10-6-7-13(11(2)8-10)21-18-12(3)15(19-21)16(23)20(5)9-14(22)17-4/h6-8H,9H2,1-5H3,(H,17,22). The smallest absolute Gasteiger partial charge is 0.276 e. The van der Waals surface area contributed by atoms with Crippen LogP contribution in [0.15, 0.2) is 18.2 Å². The lowest BCUT2D eigenvalue weighted by Crippen LogP contribution is -2.37. The molecule has 2 amide bonds. The second kappa shape index (κ2) is 6.60. The van der Waals surface area contributed by atoms with Crippen LogP contribution in [0.2, 0.25) is 0 Å². The Bertz CT molecular complexity index is 751. The minimum atomic E-state index is -0.331. The number of aromatic nitrogens is 3. The molecule has 7 heteroatoms. The summed E-state index contributed by atoms with van der Waals surface area (Å²) in [5, 5.41) is 11.1. The van der Waals surface area contributed by atoms with Gasteiger partial charge >= 0.3 is 0 Å². The normalized spacial score (nSPS) is 10.5. The van der Waals surface area contributed by atoms with Crippen LogP contribution < -0.4 is 5.32 Å². The van der Waals surface area contributed by atoms with Gasteiger partial charge in [-0.3, -0.25) is 9.59 Å². The van der Waals surface area contributed by atoms with Gasteiger partial charge in [0, 0.05) is 14.1 Å². The first-order chi connectivity index (χ1) is 10.8. The van der Waals surface area contributed by atoms with E-state index in [1.54, 1.807) is 14.0 Å². The zero-order valence-corrected chi connectivity index (χ0v) is 14.0. The first-order valence-corrected chi connectivity index (χ1v) is 7.31. The van der Waals surface area contributed by atoms with Crippen molar-refractivity contribution in [1.82, 2.24) is 25.2 Å². The zero-order chi connectivity index (χ0) is 17.1. The number of nitrogens with one attached hydrogen (secondary N) is 1. The van der Waals surface area contributed by atoms with Crippen molar-refractivity contribution in [2.45, 2.75) is 20.8 Å². The molecule has 0 atom stereocenters. The number of hydrogen-bond acceptors (Lipinski definition) is 4. The summed E-state index contributed by atoms with van der Waals surface area (Å²) >= 11 is 0.